The molecule has 0 aromatic carbocycles. The van der Waals surface area contributed by atoms with Crippen molar-refractivity contribution in [1.29, 1.82) is 0 Å². The second-order valence-corrected chi connectivity index (χ2v) is 4.56. The zero-order chi connectivity index (χ0) is 15.8. The summed E-state index contributed by atoms with van der Waals surface area (Å²) in [7, 11) is 0. The van der Waals surface area contributed by atoms with Crippen molar-refractivity contribution in [2.45, 2.75) is 26.7 Å². The van der Waals surface area contributed by atoms with Crippen molar-refractivity contribution in [2.75, 3.05) is 30.3 Å². The van der Waals surface area contributed by atoms with Crippen LogP contribution < -0.4 is 16.4 Å². The Balaban J connectivity index is 3.10. The van der Waals surface area contributed by atoms with E-state index in [9.17, 15) is 9.59 Å². The van der Waals surface area contributed by atoms with E-state index in [1.54, 1.807) is 11.8 Å². The summed E-state index contributed by atoms with van der Waals surface area (Å²) in [5.74, 6) is -0.602. The molecule has 7 nitrogen and oxygen atoms in total. The molecule has 0 fully saturated rings. The number of ether oxygens (including phenoxy) is 1. The standard InChI is InChI=1S/C14H22N4O3/c1-3-5-8-18(9-11(15)19)13-12(16)10(6-7-17-13)14(20)21-4-2/h6-7H,3-5,8-9,16H2,1-2H3,(H2,15,19). The summed E-state index contributed by atoms with van der Waals surface area (Å²) < 4.78 is 4.95. The third kappa shape index (κ3) is 4.62. The number of nitrogen functional groups attached to an aromatic ring is 1. The summed E-state index contributed by atoms with van der Waals surface area (Å²) >= 11 is 0. The van der Waals surface area contributed by atoms with Gasteiger partial charge in [-0.2, -0.15) is 0 Å². The molecule has 1 amide bonds. The summed E-state index contributed by atoms with van der Waals surface area (Å²) in [6.45, 7) is 4.61. The van der Waals surface area contributed by atoms with E-state index < -0.39 is 11.9 Å². The highest BCUT2D eigenvalue weighted by Gasteiger charge is 2.19. The summed E-state index contributed by atoms with van der Waals surface area (Å²) in [5, 5.41) is 0. The number of nitrogens with zero attached hydrogens (tertiary/aromatic N) is 2. The summed E-state index contributed by atoms with van der Waals surface area (Å²) in [5.41, 5.74) is 11.7. The van der Waals surface area contributed by atoms with E-state index in [4.69, 9.17) is 16.2 Å². The molecule has 1 aromatic rings. The minimum absolute atomic E-state index is 0.00345. The second-order valence-electron chi connectivity index (χ2n) is 4.56. The number of amides is 1. The molecular weight excluding hydrogens is 272 g/mol. The SMILES string of the molecule is CCCCN(CC(N)=O)c1nccc(C(=O)OCC)c1N. The predicted molar refractivity (Wildman–Crippen MR) is 80.9 cm³/mol. The molecule has 0 aliphatic rings. The summed E-state index contributed by atoms with van der Waals surface area (Å²) in [6, 6.07) is 1.50. The van der Waals surface area contributed by atoms with Gasteiger partial charge >= 0.3 is 5.97 Å². The highest BCUT2D eigenvalue weighted by Crippen LogP contribution is 2.24. The molecule has 1 aromatic heterocycles. The average molecular weight is 294 g/mol. The Kier molecular flexibility index (Phi) is 6.45. The Morgan fingerprint density at radius 3 is 2.67 bits per heavy atom. The molecule has 0 unspecified atom stereocenters. The molecule has 1 heterocycles. The first kappa shape index (κ1) is 16.7. The fourth-order valence-electron chi connectivity index (χ4n) is 1.90. The largest absolute Gasteiger partial charge is 0.462 e. The van der Waals surface area contributed by atoms with Crippen LogP contribution >= 0.6 is 0 Å². The van der Waals surface area contributed by atoms with Crippen molar-refractivity contribution in [3.8, 4) is 0 Å². The topological polar surface area (TPSA) is 112 Å². The number of hydrogen-bond acceptors (Lipinski definition) is 6. The minimum Gasteiger partial charge on any atom is -0.462 e. The highest BCUT2D eigenvalue weighted by atomic mass is 16.5. The number of hydrogen-bond donors (Lipinski definition) is 2. The first-order valence-electron chi connectivity index (χ1n) is 6.96. The molecule has 0 spiro atoms. The van der Waals surface area contributed by atoms with Crippen molar-refractivity contribution >= 4 is 23.4 Å². The quantitative estimate of drug-likeness (QED) is 0.690. The molecule has 0 aliphatic carbocycles. The number of esters is 1. The summed E-state index contributed by atoms with van der Waals surface area (Å²) in [4.78, 5) is 28.9. The number of aromatic nitrogens is 1. The Labute approximate surface area is 124 Å². The molecule has 0 saturated carbocycles. The smallest absolute Gasteiger partial charge is 0.340 e. The number of rotatable bonds is 8. The highest BCUT2D eigenvalue weighted by molar-refractivity contribution is 5.98. The van der Waals surface area contributed by atoms with Gasteiger partial charge in [-0.1, -0.05) is 13.3 Å². The van der Waals surface area contributed by atoms with Crippen LogP contribution in [0.2, 0.25) is 0 Å². The molecule has 1 rings (SSSR count). The molecule has 0 aliphatic heterocycles. The average Bonchev–Trinajstić information content (AvgIpc) is 2.43. The van der Waals surface area contributed by atoms with Gasteiger partial charge in [0.25, 0.3) is 0 Å². The van der Waals surface area contributed by atoms with Crippen LogP contribution in [0, 0.1) is 0 Å². The lowest BCUT2D eigenvalue weighted by Gasteiger charge is -2.24. The van der Waals surface area contributed by atoms with Crippen LogP contribution in [-0.2, 0) is 9.53 Å². The number of primary amides is 1. The van der Waals surface area contributed by atoms with Crippen LogP contribution in [0.1, 0.15) is 37.0 Å². The Morgan fingerprint density at radius 2 is 2.10 bits per heavy atom. The van der Waals surface area contributed by atoms with Crippen molar-refractivity contribution in [3.05, 3.63) is 17.8 Å². The maximum absolute atomic E-state index is 11.8. The molecule has 7 heteroatoms. The van der Waals surface area contributed by atoms with Crippen LogP contribution in [0.3, 0.4) is 0 Å². The van der Waals surface area contributed by atoms with Crippen molar-refractivity contribution < 1.29 is 14.3 Å². The van der Waals surface area contributed by atoms with E-state index in [1.165, 1.54) is 12.3 Å². The zero-order valence-electron chi connectivity index (χ0n) is 12.5. The van der Waals surface area contributed by atoms with Crippen LogP contribution in [0.25, 0.3) is 0 Å². The molecule has 4 N–H and O–H groups in total. The van der Waals surface area contributed by atoms with Gasteiger partial charge in [-0.25, -0.2) is 9.78 Å². The first-order chi connectivity index (χ1) is 10.0. The molecule has 0 radical (unpaired) electrons. The van der Waals surface area contributed by atoms with E-state index in [1.807, 2.05) is 6.92 Å². The Bertz CT molecular complexity index is 505. The monoisotopic (exact) mass is 294 g/mol. The minimum atomic E-state index is -0.506. The van der Waals surface area contributed by atoms with E-state index in [0.29, 0.717) is 12.4 Å². The van der Waals surface area contributed by atoms with Gasteiger partial charge in [-0.15, -0.1) is 0 Å². The van der Waals surface area contributed by atoms with Gasteiger partial charge in [0, 0.05) is 12.7 Å². The number of carbonyl (C=O) groups is 2. The molecule has 0 bridgehead atoms. The zero-order valence-corrected chi connectivity index (χ0v) is 12.5. The van der Waals surface area contributed by atoms with Gasteiger partial charge in [0.15, 0.2) is 5.82 Å². The lowest BCUT2D eigenvalue weighted by Crippen LogP contribution is -2.35. The predicted octanol–water partition coefficient (Wildman–Crippen LogP) is 0.932. The lowest BCUT2D eigenvalue weighted by atomic mass is 10.2. The summed E-state index contributed by atoms with van der Waals surface area (Å²) in [6.07, 6.45) is 3.28. The van der Waals surface area contributed by atoms with Crippen molar-refractivity contribution in [3.63, 3.8) is 0 Å². The normalized spacial score (nSPS) is 10.2. The van der Waals surface area contributed by atoms with Crippen LogP contribution in [-0.4, -0.2) is 36.6 Å². The molecule has 116 valence electrons. The van der Waals surface area contributed by atoms with Gasteiger partial charge in [0.1, 0.15) is 0 Å². The third-order valence-electron chi connectivity index (χ3n) is 2.89. The van der Waals surface area contributed by atoms with Gasteiger partial charge in [0.2, 0.25) is 5.91 Å². The molecule has 0 atom stereocenters. The number of carbonyl (C=O) groups excluding carboxylic acids is 2. The van der Waals surface area contributed by atoms with E-state index in [0.717, 1.165) is 12.8 Å². The van der Waals surface area contributed by atoms with E-state index in [-0.39, 0.29) is 24.4 Å². The number of nitrogens with two attached hydrogens (primary N) is 2. The number of anilines is 2. The number of pyridine rings is 1. The second kappa shape index (κ2) is 8.08. The lowest BCUT2D eigenvalue weighted by molar-refractivity contribution is -0.116. The first-order valence-corrected chi connectivity index (χ1v) is 6.96. The van der Waals surface area contributed by atoms with E-state index in [2.05, 4.69) is 4.98 Å². The van der Waals surface area contributed by atoms with Gasteiger partial charge < -0.3 is 21.1 Å². The Morgan fingerprint density at radius 1 is 1.38 bits per heavy atom. The third-order valence-corrected chi connectivity index (χ3v) is 2.89. The fourth-order valence-corrected chi connectivity index (χ4v) is 1.90. The maximum atomic E-state index is 11.8. The maximum Gasteiger partial charge on any atom is 0.340 e. The van der Waals surface area contributed by atoms with Gasteiger partial charge in [-0.05, 0) is 19.4 Å². The van der Waals surface area contributed by atoms with Crippen LogP contribution in [0.15, 0.2) is 12.3 Å². The molecule has 0 saturated heterocycles. The number of unbranched alkanes of at least 4 members (excludes halogenated alkanes) is 1. The van der Waals surface area contributed by atoms with Crippen molar-refractivity contribution in [2.24, 2.45) is 5.73 Å². The Hall–Kier alpha value is -2.31. The van der Waals surface area contributed by atoms with Crippen molar-refractivity contribution in [1.82, 2.24) is 4.98 Å². The van der Waals surface area contributed by atoms with E-state index >= 15 is 0 Å². The van der Waals surface area contributed by atoms with Crippen LogP contribution in [0.4, 0.5) is 11.5 Å². The fraction of sp³-hybridized carbons (Fsp3) is 0.500. The van der Waals surface area contributed by atoms with Crippen LogP contribution in [0.5, 0.6) is 0 Å². The van der Waals surface area contributed by atoms with Gasteiger partial charge in [-0.3, -0.25) is 4.79 Å². The van der Waals surface area contributed by atoms with Gasteiger partial charge in [0.05, 0.1) is 24.4 Å². The molecular formula is C14H22N4O3. The molecule has 21 heavy (non-hydrogen) atoms.